The van der Waals surface area contributed by atoms with E-state index in [2.05, 4.69) is 0 Å². The maximum atomic E-state index is 12.0. The van der Waals surface area contributed by atoms with E-state index in [1.165, 1.54) is 38.5 Å². The monoisotopic (exact) mass is 424 g/mol. The van der Waals surface area contributed by atoms with E-state index in [1.807, 2.05) is 0 Å². The van der Waals surface area contributed by atoms with Gasteiger partial charge in [-0.15, -0.1) is 0 Å². The first-order chi connectivity index (χ1) is 14.7. The molecule has 2 unspecified atom stereocenters. The Balaban J connectivity index is 1.23. The van der Waals surface area contributed by atoms with Crippen molar-refractivity contribution in [2.45, 2.75) is 115 Å². The van der Waals surface area contributed by atoms with Crippen molar-refractivity contribution in [1.29, 1.82) is 0 Å². The number of carbonyl (C=O) groups excluding carboxylic acids is 2. The second-order valence-corrected chi connectivity index (χ2v) is 9.43. The number of hydrogen-bond donors (Lipinski definition) is 0. The van der Waals surface area contributed by atoms with Crippen molar-refractivity contribution in [3.8, 4) is 0 Å². The van der Waals surface area contributed by atoms with Crippen molar-refractivity contribution in [1.82, 2.24) is 0 Å². The predicted octanol–water partition coefficient (Wildman–Crippen LogP) is 5.27. The van der Waals surface area contributed by atoms with Gasteiger partial charge in [0.25, 0.3) is 0 Å². The molecule has 3 aliphatic carbocycles. The molecule has 172 valence electrons. The fourth-order valence-corrected chi connectivity index (χ4v) is 5.17. The highest BCUT2D eigenvalue weighted by atomic mass is 16.7. The highest BCUT2D eigenvalue weighted by molar-refractivity contribution is 5.69. The van der Waals surface area contributed by atoms with Crippen LogP contribution < -0.4 is 0 Å². The predicted molar refractivity (Wildman–Crippen MR) is 113 cm³/mol. The SMILES string of the molecule is O=C(CC1CCCCC1)OCOC1CCCC(OCOC(=O)CC2CCCCC2)C1. The summed E-state index contributed by atoms with van der Waals surface area (Å²) in [6.45, 7) is 0.0542. The van der Waals surface area contributed by atoms with E-state index in [0.29, 0.717) is 24.7 Å². The van der Waals surface area contributed by atoms with Crippen LogP contribution >= 0.6 is 0 Å². The lowest BCUT2D eigenvalue weighted by molar-refractivity contribution is -0.173. The highest BCUT2D eigenvalue weighted by Gasteiger charge is 2.25. The molecular weight excluding hydrogens is 384 g/mol. The Bertz CT molecular complexity index is 466. The molecule has 0 saturated heterocycles. The number of rotatable bonds is 10. The van der Waals surface area contributed by atoms with Crippen LogP contribution in [0.3, 0.4) is 0 Å². The van der Waals surface area contributed by atoms with Crippen LogP contribution in [-0.2, 0) is 28.5 Å². The summed E-state index contributed by atoms with van der Waals surface area (Å²) in [5.74, 6) is 0.685. The van der Waals surface area contributed by atoms with Gasteiger partial charge in [0.1, 0.15) is 0 Å². The molecular formula is C24H40O6. The van der Waals surface area contributed by atoms with E-state index < -0.39 is 0 Å². The smallest absolute Gasteiger partial charge is 0.308 e. The Morgan fingerprint density at radius 1 is 0.567 bits per heavy atom. The van der Waals surface area contributed by atoms with Gasteiger partial charge in [-0.3, -0.25) is 9.59 Å². The molecule has 0 aromatic heterocycles. The first kappa shape index (κ1) is 23.5. The Morgan fingerprint density at radius 3 is 1.43 bits per heavy atom. The molecule has 3 rings (SSSR count). The van der Waals surface area contributed by atoms with Gasteiger partial charge in [0.15, 0.2) is 13.6 Å². The van der Waals surface area contributed by atoms with Gasteiger partial charge < -0.3 is 18.9 Å². The first-order valence-electron chi connectivity index (χ1n) is 12.2. The minimum atomic E-state index is -0.143. The standard InChI is InChI=1S/C24H40O6/c25-23(14-19-8-3-1-4-9-19)29-17-27-21-12-7-13-22(16-21)28-18-30-24(26)15-20-10-5-2-6-11-20/h19-22H,1-18H2. The van der Waals surface area contributed by atoms with Gasteiger partial charge in [-0.05, 0) is 56.8 Å². The molecule has 30 heavy (non-hydrogen) atoms. The van der Waals surface area contributed by atoms with Gasteiger partial charge in [-0.1, -0.05) is 38.5 Å². The zero-order valence-electron chi connectivity index (χ0n) is 18.5. The van der Waals surface area contributed by atoms with Gasteiger partial charge in [0.05, 0.1) is 12.2 Å². The van der Waals surface area contributed by atoms with Crippen molar-refractivity contribution in [3.05, 3.63) is 0 Å². The molecule has 0 aliphatic heterocycles. The second kappa shape index (κ2) is 13.3. The van der Waals surface area contributed by atoms with Crippen molar-refractivity contribution in [2.24, 2.45) is 11.8 Å². The van der Waals surface area contributed by atoms with E-state index in [9.17, 15) is 9.59 Å². The summed E-state index contributed by atoms with van der Waals surface area (Å²) in [6, 6.07) is 0. The molecule has 3 saturated carbocycles. The number of hydrogen-bond acceptors (Lipinski definition) is 6. The van der Waals surface area contributed by atoms with Gasteiger partial charge >= 0.3 is 11.9 Å². The summed E-state index contributed by atoms with van der Waals surface area (Å²) in [6.07, 6.45) is 16.8. The fraction of sp³-hybridized carbons (Fsp3) is 0.917. The van der Waals surface area contributed by atoms with Crippen LogP contribution in [0.15, 0.2) is 0 Å². The van der Waals surface area contributed by atoms with E-state index in [0.717, 1.165) is 51.4 Å². The van der Waals surface area contributed by atoms with Crippen molar-refractivity contribution in [2.75, 3.05) is 13.6 Å². The van der Waals surface area contributed by atoms with Crippen LogP contribution in [0.4, 0.5) is 0 Å². The number of esters is 2. The molecule has 0 radical (unpaired) electrons. The maximum Gasteiger partial charge on any atom is 0.308 e. The number of ether oxygens (including phenoxy) is 4. The van der Waals surface area contributed by atoms with Gasteiger partial charge in [-0.25, -0.2) is 0 Å². The molecule has 3 aliphatic rings. The van der Waals surface area contributed by atoms with Crippen molar-refractivity contribution >= 4 is 11.9 Å². The Morgan fingerprint density at radius 2 is 1.00 bits per heavy atom. The minimum Gasteiger partial charge on any atom is -0.438 e. The van der Waals surface area contributed by atoms with E-state index in [4.69, 9.17) is 18.9 Å². The Hall–Kier alpha value is -1.14. The number of carbonyl (C=O) groups is 2. The van der Waals surface area contributed by atoms with Crippen LogP contribution in [0, 0.1) is 11.8 Å². The summed E-state index contributed by atoms with van der Waals surface area (Å²) < 4.78 is 22.1. The Kier molecular flexibility index (Phi) is 10.4. The first-order valence-corrected chi connectivity index (χ1v) is 12.2. The average Bonchev–Trinajstić information content (AvgIpc) is 2.75. The molecule has 0 bridgehead atoms. The van der Waals surface area contributed by atoms with Crippen LogP contribution in [-0.4, -0.2) is 37.7 Å². The van der Waals surface area contributed by atoms with Crippen LogP contribution in [0.5, 0.6) is 0 Å². The quantitative estimate of drug-likeness (QED) is 0.351. The molecule has 0 N–H and O–H groups in total. The minimum absolute atomic E-state index is 0.0271. The van der Waals surface area contributed by atoms with E-state index in [-0.39, 0.29) is 37.7 Å². The summed E-state index contributed by atoms with van der Waals surface area (Å²) in [5.41, 5.74) is 0. The molecule has 0 heterocycles. The van der Waals surface area contributed by atoms with Crippen LogP contribution in [0.25, 0.3) is 0 Å². The van der Waals surface area contributed by atoms with Crippen LogP contribution in [0.2, 0.25) is 0 Å². The lowest BCUT2D eigenvalue weighted by atomic mass is 9.87. The topological polar surface area (TPSA) is 71.1 Å². The fourth-order valence-electron chi connectivity index (χ4n) is 5.17. The van der Waals surface area contributed by atoms with Crippen LogP contribution in [0.1, 0.15) is 103 Å². The molecule has 0 aromatic rings. The normalized spacial score (nSPS) is 26.3. The second-order valence-electron chi connectivity index (χ2n) is 9.43. The molecule has 6 nitrogen and oxygen atoms in total. The van der Waals surface area contributed by atoms with E-state index in [1.54, 1.807) is 0 Å². The average molecular weight is 425 g/mol. The summed E-state index contributed by atoms with van der Waals surface area (Å²) in [5, 5.41) is 0. The molecule has 0 aromatic carbocycles. The summed E-state index contributed by atoms with van der Waals surface area (Å²) in [4.78, 5) is 24.0. The highest BCUT2D eigenvalue weighted by Crippen LogP contribution is 2.28. The zero-order chi connectivity index (χ0) is 21.0. The van der Waals surface area contributed by atoms with Gasteiger partial charge in [0, 0.05) is 19.3 Å². The summed E-state index contributed by atoms with van der Waals surface area (Å²) >= 11 is 0. The third-order valence-electron chi connectivity index (χ3n) is 6.99. The van der Waals surface area contributed by atoms with Gasteiger partial charge in [0.2, 0.25) is 0 Å². The molecule has 3 fully saturated rings. The molecule has 2 atom stereocenters. The third kappa shape index (κ3) is 8.93. The zero-order valence-corrected chi connectivity index (χ0v) is 18.5. The third-order valence-corrected chi connectivity index (χ3v) is 6.99. The largest absolute Gasteiger partial charge is 0.438 e. The van der Waals surface area contributed by atoms with E-state index >= 15 is 0 Å². The molecule has 6 heteroatoms. The molecule has 0 amide bonds. The lowest BCUT2D eigenvalue weighted by Gasteiger charge is -2.29. The molecule has 0 spiro atoms. The summed E-state index contributed by atoms with van der Waals surface area (Å²) in [7, 11) is 0. The van der Waals surface area contributed by atoms with Crippen molar-refractivity contribution < 1.29 is 28.5 Å². The lowest BCUT2D eigenvalue weighted by Crippen LogP contribution is -2.30. The van der Waals surface area contributed by atoms with Crippen molar-refractivity contribution in [3.63, 3.8) is 0 Å². The van der Waals surface area contributed by atoms with Gasteiger partial charge in [-0.2, -0.15) is 0 Å². The Labute approximate surface area is 181 Å². The maximum absolute atomic E-state index is 12.0.